The fourth-order valence-corrected chi connectivity index (χ4v) is 3.15. The molecule has 3 unspecified atom stereocenters. The molecule has 106 valence electrons. The lowest BCUT2D eigenvalue weighted by molar-refractivity contribution is 0.233. The first-order chi connectivity index (χ1) is 9.11. The molecular weight excluding hydrogens is 239 g/mol. The number of rotatable bonds is 5. The van der Waals surface area contributed by atoms with E-state index in [9.17, 15) is 4.39 Å². The van der Waals surface area contributed by atoms with Crippen molar-refractivity contribution >= 4 is 0 Å². The molecular formula is C16H25FN2. The van der Waals surface area contributed by atoms with E-state index in [1.165, 1.54) is 6.42 Å². The van der Waals surface area contributed by atoms with Crippen LogP contribution in [-0.4, -0.2) is 30.6 Å². The number of benzene rings is 1. The van der Waals surface area contributed by atoms with Gasteiger partial charge in [-0.25, -0.2) is 4.39 Å². The molecule has 0 radical (unpaired) electrons. The highest BCUT2D eigenvalue weighted by Gasteiger charge is 2.28. The van der Waals surface area contributed by atoms with Gasteiger partial charge >= 0.3 is 0 Å². The number of nitrogens with zero attached hydrogens (tertiary/aromatic N) is 1. The van der Waals surface area contributed by atoms with Gasteiger partial charge < -0.3 is 5.32 Å². The van der Waals surface area contributed by atoms with E-state index in [0.29, 0.717) is 6.04 Å². The van der Waals surface area contributed by atoms with E-state index in [1.807, 2.05) is 12.1 Å². The van der Waals surface area contributed by atoms with Crippen LogP contribution in [0.2, 0.25) is 0 Å². The summed E-state index contributed by atoms with van der Waals surface area (Å²) in [6.45, 7) is 9.51. The first-order valence-corrected chi connectivity index (χ1v) is 7.33. The lowest BCUT2D eigenvalue weighted by atomic mass is 10.1. The van der Waals surface area contributed by atoms with Crippen molar-refractivity contribution in [2.24, 2.45) is 5.92 Å². The molecule has 0 amide bonds. The Morgan fingerprint density at radius 2 is 2.11 bits per heavy atom. The van der Waals surface area contributed by atoms with E-state index < -0.39 is 0 Å². The molecule has 0 saturated carbocycles. The number of likely N-dealkylation sites (N-methyl/N-ethyl adjacent to an activating group) is 1. The Labute approximate surface area is 116 Å². The fourth-order valence-electron chi connectivity index (χ4n) is 3.15. The van der Waals surface area contributed by atoms with E-state index in [-0.39, 0.29) is 11.9 Å². The molecule has 1 N–H and O–H groups in total. The Morgan fingerprint density at radius 1 is 1.37 bits per heavy atom. The molecule has 0 spiro atoms. The zero-order chi connectivity index (χ0) is 13.8. The summed E-state index contributed by atoms with van der Waals surface area (Å²) >= 11 is 0. The summed E-state index contributed by atoms with van der Waals surface area (Å²) in [5.74, 6) is 0.645. The molecule has 1 aliphatic heterocycles. The van der Waals surface area contributed by atoms with Gasteiger partial charge in [0.25, 0.3) is 0 Å². The van der Waals surface area contributed by atoms with Crippen molar-refractivity contribution in [3.8, 4) is 0 Å². The van der Waals surface area contributed by atoms with Gasteiger partial charge in [-0.1, -0.05) is 32.0 Å². The van der Waals surface area contributed by atoms with Crippen LogP contribution in [0.4, 0.5) is 4.39 Å². The van der Waals surface area contributed by atoms with Crippen LogP contribution in [0.1, 0.15) is 38.8 Å². The lowest BCUT2D eigenvalue weighted by Crippen LogP contribution is -2.37. The summed E-state index contributed by atoms with van der Waals surface area (Å²) in [6.07, 6.45) is 1.25. The zero-order valence-electron chi connectivity index (χ0n) is 12.2. The largest absolute Gasteiger partial charge is 0.309 e. The minimum atomic E-state index is -0.103. The molecule has 1 saturated heterocycles. The second-order valence-electron chi connectivity index (χ2n) is 5.78. The van der Waals surface area contributed by atoms with Gasteiger partial charge in [0.15, 0.2) is 0 Å². The molecule has 1 heterocycles. The van der Waals surface area contributed by atoms with Crippen molar-refractivity contribution < 1.29 is 4.39 Å². The molecule has 1 aliphatic rings. The van der Waals surface area contributed by atoms with Crippen molar-refractivity contribution in [2.75, 3.05) is 19.6 Å². The Hall–Kier alpha value is -0.930. The average molecular weight is 264 g/mol. The number of hydrogen-bond donors (Lipinski definition) is 1. The molecule has 1 aromatic rings. The van der Waals surface area contributed by atoms with Crippen molar-refractivity contribution in [1.29, 1.82) is 0 Å². The number of likely N-dealkylation sites (tertiary alicyclic amines) is 1. The predicted octanol–water partition coefficient (Wildman–Crippen LogP) is 3.21. The van der Waals surface area contributed by atoms with E-state index in [4.69, 9.17) is 0 Å². The maximum absolute atomic E-state index is 14.0. The van der Waals surface area contributed by atoms with Crippen molar-refractivity contribution in [1.82, 2.24) is 10.2 Å². The Balaban J connectivity index is 2.10. The topological polar surface area (TPSA) is 15.3 Å². The van der Waals surface area contributed by atoms with E-state index in [2.05, 4.69) is 31.0 Å². The van der Waals surface area contributed by atoms with Gasteiger partial charge in [-0.3, -0.25) is 4.90 Å². The molecule has 0 aromatic heterocycles. The van der Waals surface area contributed by atoms with Crippen LogP contribution < -0.4 is 5.32 Å². The summed E-state index contributed by atoms with van der Waals surface area (Å²) in [5, 5.41) is 3.42. The zero-order valence-corrected chi connectivity index (χ0v) is 12.2. The Morgan fingerprint density at radius 3 is 2.68 bits per heavy atom. The minimum absolute atomic E-state index is 0.0824. The standard InChI is InChI=1S/C16H25FN2/c1-4-18-16(14-7-5-6-8-15(14)17)11-19-10-12(2)9-13(19)3/h5-8,12-13,16,18H,4,9-11H2,1-3H3. The first-order valence-electron chi connectivity index (χ1n) is 7.33. The van der Waals surface area contributed by atoms with Crippen molar-refractivity contribution in [2.45, 2.75) is 39.3 Å². The van der Waals surface area contributed by atoms with E-state index in [1.54, 1.807) is 12.1 Å². The van der Waals surface area contributed by atoms with Crippen LogP contribution >= 0.6 is 0 Å². The van der Waals surface area contributed by atoms with Crippen LogP contribution in [0.25, 0.3) is 0 Å². The Kier molecular flexibility index (Phi) is 4.94. The van der Waals surface area contributed by atoms with Crippen molar-refractivity contribution in [3.63, 3.8) is 0 Å². The minimum Gasteiger partial charge on any atom is -0.309 e. The second-order valence-corrected chi connectivity index (χ2v) is 5.78. The van der Waals surface area contributed by atoms with Gasteiger partial charge in [0.05, 0.1) is 0 Å². The summed E-state index contributed by atoms with van der Waals surface area (Å²) in [7, 11) is 0. The highest BCUT2D eigenvalue weighted by molar-refractivity contribution is 5.21. The fraction of sp³-hybridized carbons (Fsp3) is 0.625. The van der Waals surface area contributed by atoms with Crippen LogP contribution in [-0.2, 0) is 0 Å². The third kappa shape index (κ3) is 3.54. The summed E-state index contributed by atoms with van der Waals surface area (Å²) in [4.78, 5) is 2.48. The van der Waals surface area contributed by atoms with Crippen LogP contribution in [0, 0.1) is 11.7 Å². The normalized spacial score (nSPS) is 25.7. The third-order valence-corrected chi connectivity index (χ3v) is 4.06. The smallest absolute Gasteiger partial charge is 0.128 e. The molecule has 3 atom stereocenters. The van der Waals surface area contributed by atoms with Crippen LogP contribution in [0.3, 0.4) is 0 Å². The van der Waals surface area contributed by atoms with Crippen LogP contribution in [0.5, 0.6) is 0 Å². The monoisotopic (exact) mass is 264 g/mol. The number of halogens is 1. The molecule has 0 aliphatic carbocycles. The SMILES string of the molecule is CCNC(CN1CC(C)CC1C)c1ccccc1F. The molecule has 19 heavy (non-hydrogen) atoms. The van der Waals surface area contributed by atoms with Gasteiger partial charge in [-0.15, -0.1) is 0 Å². The quantitative estimate of drug-likeness (QED) is 0.878. The highest BCUT2D eigenvalue weighted by Crippen LogP contribution is 2.26. The maximum atomic E-state index is 14.0. The predicted molar refractivity (Wildman–Crippen MR) is 77.6 cm³/mol. The molecule has 2 rings (SSSR count). The van der Waals surface area contributed by atoms with E-state index >= 15 is 0 Å². The summed E-state index contributed by atoms with van der Waals surface area (Å²) in [5.41, 5.74) is 0.788. The van der Waals surface area contributed by atoms with Gasteiger partial charge in [0, 0.05) is 30.7 Å². The average Bonchev–Trinajstić information content (AvgIpc) is 2.68. The number of hydrogen-bond acceptors (Lipinski definition) is 2. The van der Waals surface area contributed by atoms with Crippen LogP contribution in [0.15, 0.2) is 24.3 Å². The molecule has 1 fully saturated rings. The van der Waals surface area contributed by atoms with E-state index in [0.717, 1.165) is 31.1 Å². The van der Waals surface area contributed by atoms with Gasteiger partial charge in [0.2, 0.25) is 0 Å². The van der Waals surface area contributed by atoms with Gasteiger partial charge in [0.1, 0.15) is 5.82 Å². The third-order valence-electron chi connectivity index (χ3n) is 4.06. The maximum Gasteiger partial charge on any atom is 0.128 e. The molecule has 1 aromatic carbocycles. The molecule has 3 heteroatoms. The summed E-state index contributed by atoms with van der Waals surface area (Å²) in [6, 6.07) is 7.80. The molecule has 0 bridgehead atoms. The van der Waals surface area contributed by atoms with Gasteiger partial charge in [-0.2, -0.15) is 0 Å². The Bertz CT molecular complexity index is 407. The van der Waals surface area contributed by atoms with Crippen molar-refractivity contribution in [3.05, 3.63) is 35.6 Å². The highest BCUT2D eigenvalue weighted by atomic mass is 19.1. The summed E-state index contributed by atoms with van der Waals surface area (Å²) < 4.78 is 14.0. The first kappa shape index (κ1) is 14.5. The lowest BCUT2D eigenvalue weighted by Gasteiger charge is -2.28. The van der Waals surface area contributed by atoms with Gasteiger partial charge in [-0.05, 0) is 31.9 Å². The second kappa shape index (κ2) is 6.49. The molecule has 2 nitrogen and oxygen atoms in total. The number of nitrogens with one attached hydrogen (secondary N) is 1.